The van der Waals surface area contributed by atoms with E-state index >= 15 is 0 Å². The predicted molar refractivity (Wildman–Crippen MR) is 97.7 cm³/mol. The summed E-state index contributed by atoms with van der Waals surface area (Å²) >= 11 is 0. The van der Waals surface area contributed by atoms with Gasteiger partial charge in [0, 0.05) is 13.0 Å². The molecule has 1 amide bonds. The second-order valence-corrected chi connectivity index (χ2v) is 6.80. The van der Waals surface area contributed by atoms with Crippen LogP contribution in [0.5, 0.6) is 0 Å². The third-order valence-corrected chi connectivity index (χ3v) is 4.48. The number of ether oxygens (including phenoxy) is 1. The molecule has 0 spiro atoms. The average Bonchev–Trinajstić information content (AvgIpc) is 3.02. The highest BCUT2D eigenvalue weighted by Gasteiger charge is 2.27. The summed E-state index contributed by atoms with van der Waals surface area (Å²) in [4.78, 5) is 20.9. The number of morpholine rings is 1. The smallest absolute Gasteiger partial charge is 0.236 e. The molecular formula is C19H26N4O3. The van der Waals surface area contributed by atoms with Gasteiger partial charge in [-0.1, -0.05) is 18.1 Å². The van der Waals surface area contributed by atoms with Crippen LogP contribution in [0.3, 0.4) is 0 Å². The summed E-state index contributed by atoms with van der Waals surface area (Å²) in [6.07, 6.45) is 0.537. The SMILES string of the molecule is CCc1onc(C)c1-c1cccc(C2CN(C(=O)CN(C)C)CCO2)n1. The molecule has 1 unspecified atom stereocenters. The largest absolute Gasteiger partial charge is 0.368 e. The molecule has 0 aromatic carbocycles. The number of aromatic nitrogens is 2. The van der Waals surface area contributed by atoms with E-state index < -0.39 is 0 Å². The van der Waals surface area contributed by atoms with Gasteiger partial charge in [-0.15, -0.1) is 0 Å². The molecule has 0 aliphatic carbocycles. The molecule has 0 bridgehead atoms. The molecule has 1 fully saturated rings. The van der Waals surface area contributed by atoms with Crippen LogP contribution in [0.4, 0.5) is 0 Å². The monoisotopic (exact) mass is 358 g/mol. The Morgan fingerprint density at radius 3 is 2.92 bits per heavy atom. The number of amides is 1. The van der Waals surface area contributed by atoms with E-state index in [4.69, 9.17) is 14.2 Å². The summed E-state index contributed by atoms with van der Waals surface area (Å²) in [6, 6.07) is 5.87. The van der Waals surface area contributed by atoms with Crippen LogP contribution in [0, 0.1) is 6.92 Å². The summed E-state index contributed by atoms with van der Waals surface area (Å²) in [5, 5.41) is 4.07. The fraction of sp³-hybridized carbons (Fsp3) is 0.526. The maximum Gasteiger partial charge on any atom is 0.236 e. The maximum absolute atomic E-state index is 12.4. The lowest BCUT2D eigenvalue weighted by Gasteiger charge is -2.33. The van der Waals surface area contributed by atoms with Crippen molar-refractivity contribution in [3.63, 3.8) is 0 Å². The lowest BCUT2D eigenvalue weighted by molar-refractivity contribution is -0.139. The third-order valence-electron chi connectivity index (χ3n) is 4.48. The number of rotatable bonds is 5. The lowest BCUT2D eigenvalue weighted by atomic mass is 10.1. The van der Waals surface area contributed by atoms with Crippen LogP contribution in [0.25, 0.3) is 11.3 Å². The molecule has 140 valence electrons. The molecule has 0 saturated carbocycles. The van der Waals surface area contributed by atoms with Crippen LogP contribution in [0.2, 0.25) is 0 Å². The van der Waals surface area contributed by atoms with E-state index in [0.29, 0.717) is 26.2 Å². The maximum atomic E-state index is 12.4. The van der Waals surface area contributed by atoms with Gasteiger partial charge in [0.2, 0.25) is 5.91 Å². The van der Waals surface area contributed by atoms with Gasteiger partial charge < -0.3 is 19.1 Å². The van der Waals surface area contributed by atoms with Gasteiger partial charge in [0.25, 0.3) is 0 Å². The van der Waals surface area contributed by atoms with Crippen molar-refractivity contribution < 1.29 is 14.1 Å². The van der Waals surface area contributed by atoms with Crippen LogP contribution < -0.4 is 0 Å². The van der Waals surface area contributed by atoms with Gasteiger partial charge in [0.15, 0.2) is 0 Å². The van der Waals surface area contributed by atoms with Gasteiger partial charge in [0.1, 0.15) is 11.9 Å². The Hall–Kier alpha value is -2.25. The number of aryl methyl sites for hydroxylation is 2. The van der Waals surface area contributed by atoms with E-state index in [0.717, 1.165) is 34.8 Å². The van der Waals surface area contributed by atoms with Crippen LogP contribution in [-0.2, 0) is 16.0 Å². The zero-order chi connectivity index (χ0) is 18.7. The van der Waals surface area contributed by atoms with Crippen molar-refractivity contribution in [1.29, 1.82) is 0 Å². The highest BCUT2D eigenvalue weighted by molar-refractivity contribution is 5.78. The van der Waals surface area contributed by atoms with Crippen molar-refractivity contribution in [3.8, 4) is 11.3 Å². The Balaban J connectivity index is 1.81. The molecule has 3 heterocycles. The summed E-state index contributed by atoms with van der Waals surface area (Å²) < 4.78 is 11.3. The summed E-state index contributed by atoms with van der Waals surface area (Å²) in [7, 11) is 3.79. The number of hydrogen-bond acceptors (Lipinski definition) is 6. The molecule has 26 heavy (non-hydrogen) atoms. The fourth-order valence-corrected chi connectivity index (χ4v) is 3.18. The van der Waals surface area contributed by atoms with Crippen LogP contribution in [0.1, 0.15) is 30.2 Å². The minimum Gasteiger partial charge on any atom is -0.368 e. The average molecular weight is 358 g/mol. The van der Waals surface area contributed by atoms with Crippen molar-refractivity contribution >= 4 is 5.91 Å². The zero-order valence-corrected chi connectivity index (χ0v) is 15.9. The molecule has 1 atom stereocenters. The van der Waals surface area contributed by atoms with Gasteiger partial charge in [-0.3, -0.25) is 4.79 Å². The highest BCUT2D eigenvalue weighted by atomic mass is 16.5. The van der Waals surface area contributed by atoms with Gasteiger partial charge >= 0.3 is 0 Å². The first kappa shape index (κ1) is 18.5. The zero-order valence-electron chi connectivity index (χ0n) is 15.9. The van der Waals surface area contributed by atoms with Crippen molar-refractivity contribution in [3.05, 3.63) is 35.3 Å². The molecule has 3 rings (SSSR count). The van der Waals surface area contributed by atoms with Crippen LogP contribution in [-0.4, -0.2) is 66.2 Å². The van der Waals surface area contributed by atoms with Gasteiger partial charge in [-0.05, 0) is 33.2 Å². The first-order valence-corrected chi connectivity index (χ1v) is 8.96. The number of pyridine rings is 1. The fourth-order valence-electron chi connectivity index (χ4n) is 3.18. The molecule has 7 heteroatoms. The Morgan fingerprint density at radius 1 is 1.38 bits per heavy atom. The standard InChI is InChI=1S/C19H26N4O3/c1-5-16-19(13(2)21-26-16)15-8-6-7-14(20-15)17-11-23(9-10-25-17)18(24)12-22(3)4/h6-8,17H,5,9-12H2,1-4H3. The molecule has 7 nitrogen and oxygen atoms in total. The molecule has 0 radical (unpaired) electrons. The Bertz CT molecular complexity index is 772. The number of nitrogens with zero attached hydrogens (tertiary/aromatic N) is 4. The van der Waals surface area contributed by atoms with Crippen molar-refractivity contribution in [1.82, 2.24) is 19.9 Å². The minimum atomic E-state index is -0.222. The van der Waals surface area contributed by atoms with Gasteiger partial charge in [0.05, 0.1) is 42.3 Å². The van der Waals surface area contributed by atoms with E-state index in [1.807, 2.05) is 55.9 Å². The highest BCUT2D eigenvalue weighted by Crippen LogP contribution is 2.28. The molecular weight excluding hydrogens is 332 g/mol. The molecule has 2 aromatic rings. The number of likely N-dealkylation sites (N-methyl/N-ethyl adjacent to an activating group) is 1. The minimum absolute atomic E-state index is 0.114. The molecule has 2 aromatic heterocycles. The quantitative estimate of drug-likeness (QED) is 0.815. The first-order valence-electron chi connectivity index (χ1n) is 8.96. The first-order chi connectivity index (χ1) is 12.5. The summed E-state index contributed by atoms with van der Waals surface area (Å²) in [5.74, 6) is 0.946. The van der Waals surface area contributed by atoms with Gasteiger partial charge in [-0.2, -0.15) is 0 Å². The second-order valence-electron chi connectivity index (χ2n) is 6.80. The second kappa shape index (κ2) is 7.97. The van der Waals surface area contributed by atoms with E-state index in [9.17, 15) is 4.79 Å². The van der Waals surface area contributed by atoms with Crippen LogP contribution >= 0.6 is 0 Å². The summed E-state index contributed by atoms with van der Waals surface area (Å²) in [6.45, 7) is 6.01. The lowest BCUT2D eigenvalue weighted by Crippen LogP contribution is -2.45. The van der Waals surface area contributed by atoms with Crippen molar-refractivity contribution in [2.75, 3.05) is 40.3 Å². The van der Waals surface area contributed by atoms with E-state index in [1.165, 1.54) is 0 Å². The van der Waals surface area contributed by atoms with Crippen molar-refractivity contribution in [2.24, 2.45) is 0 Å². The number of carbonyl (C=O) groups excluding carboxylic acids is 1. The summed E-state index contributed by atoms with van der Waals surface area (Å²) in [5.41, 5.74) is 3.44. The van der Waals surface area contributed by atoms with Crippen molar-refractivity contribution in [2.45, 2.75) is 26.4 Å². The molecule has 1 saturated heterocycles. The molecule has 1 aliphatic heterocycles. The topological polar surface area (TPSA) is 71.7 Å². The van der Waals surface area contributed by atoms with Gasteiger partial charge in [-0.25, -0.2) is 4.98 Å². The van der Waals surface area contributed by atoms with Crippen LogP contribution in [0.15, 0.2) is 22.7 Å². The number of hydrogen-bond donors (Lipinski definition) is 0. The number of carbonyl (C=O) groups is 1. The molecule has 1 aliphatic rings. The van der Waals surface area contributed by atoms with E-state index in [2.05, 4.69) is 5.16 Å². The third kappa shape index (κ3) is 3.94. The Morgan fingerprint density at radius 2 is 2.19 bits per heavy atom. The Kier molecular flexibility index (Phi) is 5.68. The normalized spacial score (nSPS) is 17.7. The molecule has 0 N–H and O–H groups in total. The predicted octanol–water partition coefficient (Wildman–Crippen LogP) is 2.07. The Labute approximate surface area is 153 Å². The van der Waals surface area contributed by atoms with E-state index in [1.54, 1.807) is 0 Å². The van der Waals surface area contributed by atoms with E-state index in [-0.39, 0.29) is 12.0 Å².